The van der Waals surface area contributed by atoms with Crippen LogP contribution >= 0.6 is 11.3 Å². The van der Waals surface area contributed by atoms with E-state index in [4.69, 9.17) is 4.74 Å². The zero-order valence-electron chi connectivity index (χ0n) is 10.7. The van der Waals surface area contributed by atoms with Crippen molar-refractivity contribution in [3.63, 3.8) is 0 Å². The summed E-state index contributed by atoms with van der Waals surface area (Å²) in [5.74, 6) is -0.215. The van der Waals surface area contributed by atoms with Crippen LogP contribution in [-0.2, 0) is 4.74 Å². The van der Waals surface area contributed by atoms with E-state index in [0.717, 1.165) is 21.9 Å². The molecule has 1 aliphatic carbocycles. The van der Waals surface area contributed by atoms with Crippen LogP contribution < -0.4 is 5.32 Å². The minimum Gasteiger partial charge on any atom is -0.376 e. The normalized spacial score (nSPS) is 16.3. The zero-order chi connectivity index (χ0) is 13.1. The molecule has 1 saturated carbocycles. The fourth-order valence-electron chi connectivity index (χ4n) is 2.41. The molecule has 0 atom stereocenters. The van der Waals surface area contributed by atoms with Crippen molar-refractivity contribution in [2.24, 2.45) is 0 Å². The second-order valence-corrected chi connectivity index (χ2v) is 5.87. The van der Waals surface area contributed by atoms with Crippen molar-refractivity contribution >= 4 is 26.7 Å². The Morgan fingerprint density at radius 3 is 3.05 bits per heavy atom. The molecule has 3 rings (SSSR count). The Bertz CT molecular complexity index is 551. The fraction of sp³-hybridized carbons (Fsp3) is 0.500. The number of nitrogens with zero attached hydrogens (tertiary/aromatic N) is 1. The van der Waals surface area contributed by atoms with Crippen LogP contribution in [0.4, 0.5) is 9.52 Å². The number of aromatic nitrogens is 1. The van der Waals surface area contributed by atoms with E-state index in [1.165, 1.54) is 49.2 Å². The van der Waals surface area contributed by atoms with Crippen molar-refractivity contribution in [3.8, 4) is 0 Å². The van der Waals surface area contributed by atoms with Gasteiger partial charge in [0.1, 0.15) is 5.82 Å². The standard InChI is InChI=1S/C14H17FN2OS/c15-10-5-6-12-13(9-10)19-14(17-12)16-7-8-18-11-3-1-2-4-11/h5-6,9,11H,1-4,7-8H2,(H,16,17). The van der Waals surface area contributed by atoms with E-state index in [-0.39, 0.29) is 5.82 Å². The third kappa shape index (κ3) is 3.22. The summed E-state index contributed by atoms with van der Waals surface area (Å²) >= 11 is 1.48. The van der Waals surface area contributed by atoms with E-state index in [2.05, 4.69) is 10.3 Å². The highest BCUT2D eigenvalue weighted by Gasteiger charge is 2.14. The van der Waals surface area contributed by atoms with E-state index in [1.807, 2.05) is 0 Å². The molecule has 0 unspecified atom stereocenters. The predicted octanol–water partition coefficient (Wildman–Crippen LogP) is 3.81. The molecule has 0 amide bonds. The summed E-state index contributed by atoms with van der Waals surface area (Å²) in [4.78, 5) is 4.41. The first-order valence-corrected chi connectivity index (χ1v) is 7.54. The third-order valence-corrected chi connectivity index (χ3v) is 4.36. The second-order valence-electron chi connectivity index (χ2n) is 4.84. The molecule has 0 aliphatic heterocycles. The van der Waals surface area contributed by atoms with Gasteiger partial charge >= 0.3 is 0 Å². The van der Waals surface area contributed by atoms with Gasteiger partial charge in [0.2, 0.25) is 0 Å². The Morgan fingerprint density at radius 2 is 2.21 bits per heavy atom. The molecular formula is C14H17FN2OS. The van der Waals surface area contributed by atoms with Crippen molar-refractivity contribution in [1.82, 2.24) is 4.98 Å². The Morgan fingerprint density at radius 1 is 1.37 bits per heavy atom. The highest BCUT2D eigenvalue weighted by molar-refractivity contribution is 7.22. The molecule has 1 N–H and O–H groups in total. The summed E-state index contributed by atoms with van der Waals surface area (Å²) in [6, 6.07) is 4.67. The molecular weight excluding hydrogens is 263 g/mol. The minimum absolute atomic E-state index is 0.215. The Hall–Kier alpha value is -1.20. The Kier molecular flexibility index (Phi) is 3.94. The van der Waals surface area contributed by atoms with Gasteiger partial charge in [-0.1, -0.05) is 24.2 Å². The Labute approximate surface area is 115 Å². The molecule has 0 bridgehead atoms. The van der Waals surface area contributed by atoms with Gasteiger partial charge in [-0.3, -0.25) is 0 Å². The number of thiazole rings is 1. The van der Waals surface area contributed by atoms with Crippen molar-refractivity contribution in [2.75, 3.05) is 18.5 Å². The van der Waals surface area contributed by atoms with Crippen LogP contribution in [0.1, 0.15) is 25.7 Å². The first-order valence-electron chi connectivity index (χ1n) is 6.73. The van der Waals surface area contributed by atoms with Crippen LogP contribution in [-0.4, -0.2) is 24.2 Å². The van der Waals surface area contributed by atoms with Crippen molar-refractivity contribution in [3.05, 3.63) is 24.0 Å². The number of hydrogen-bond acceptors (Lipinski definition) is 4. The molecule has 19 heavy (non-hydrogen) atoms. The van der Waals surface area contributed by atoms with E-state index in [9.17, 15) is 4.39 Å². The molecule has 1 aliphatic rings. The molecule has 0 spiro atoms. The second kappa shape index (κ2) is 5.84. The first kappa shape index (κ1) is 12.8. The van der Waals surface area contributed by atoms with Gasteiger partial charge in [-0.05, 0) is 31.0 Å². The van der Waals surface area contributed by atoms with Gasteiger partial charge in [-0.15, -0.1) is 0 Å². The van der Waals surface area contributed by atoms with Crippen molar-refractivity contribution in [1.29, 1.82) is 0 Å². The number of benzene rings is 1. The van der Waals surface area contributed by atoms with E-state index in [0.29, 0.717) is 12.7 Å². The molecule has 1 heterocycles. The smallest absolute Gasteiger partial charge is 0.183 e. The first-order chi connectivity index (χ1) is 9.31. The van der Waals surface area contributed by atoms with Crippen LogP contribution in [0.5, 0.6) is 0 Å². The summed E-state index contributed by atoms with van der Waals surface area (Å²) in [6.45, 7) is 1.45. The zero-order valence-corrected chi connectivity index (χ0v) is 11.5. The van der Waals surface area contributed by atoms with E-state index < -0.39 is 0 Å². The van der Waals surface area contributed by atoms with Gasteiger partial charge in [-0.2, -0.15) is 0 Å². The lowest BCUT2D eigenvalue weighted by Gasteiger charge is -2.10. The summed E-state index contributed by atoms with van der Waals surface area (Å²) in [6.07, 6.45) is 5.43. The molecule has 3 nitrogen and oxygen atoms in total. The summed E-state index contributed by atoms with van der Waals surface area (Å²) < 4.78 is 19.7. The SMILES string of the molecule is Fc1ccc2nc(NCCOC3CCCC3)sc2c1. The molecule has 0 radical (unpaired) electrons. The minimum atomic E-state index is -0.215. The number of hydrogen-bond donors (Lipinski definition) is 1. The van der Waals surface area contributed by atoms with Gasteiger partial charge in [0, 0.05) is 6.54 Å². The topological polar surface area (TPSA) is 34.2 Å². The summed E-state index contributed by atoms with van der Waals surface area (Å²) in [5.41, 5.74) is 0.839. The number of halogens is 1. The van der Waals surface area contributed by atoms with E-state index >= 15 is 0 Å². The maximum Gasteiger partial charge on any atom is 0.183 e. The largest absolute Gasteiger partial charge is 0.376 e. The summed E-state index contributed by atoms with van der Waals surface area (Å²) in [7, 11) is 0. The highest BCUT2D eigenvalue weighted by atomic mass is 32.1. The van der Waals surface area contributed by atoms with Crippen molar-refractivity contribution in [2.45, 2.75) is 31.8 Å². The quantitative estimate of drug-likeness (QED) is 0.846. The molecule has 5 heteroatoms. The van der Waals surface area contributed by atoms with Gasteiger partial charge in [-0.25, -0.2) is 9.37 Å². The number of fused-ring (bicyclic) bond motifs is 1. The lowest BCUT2D eigenvalue weighted by Crippen LogP contribution is -2.15. The number of ether oxygens (including phenoxy) is 1. The number of rotatable bonds is 5. The average Bonchev–Trinajstić information content (AvgIpc) is 3.02. The van der Waals surface area contributed by atoms with Crippen LogP contribution in [0.15, 0.2) is 18.2 Å². The van der Waals surface area contributed by atoms with Crippen LogP contribution in [0.2, 0.25) is 0 Å². The molecule has 2 aromatic rings. The van der Waals surface area contributed by atoms with Crippen LogP contribution in [0, 0.1) is 5.82 Å². The molecule has 1 aromatic carbocycles. The van der Waals surface area contributed by atoms with Gasteiger partial charge < -0.3 is 10.1 Å². The Balaban J connectivity index is 1.50. The average molecular weight is 280 g/mol. The molecule has 1 aromatic heterocycles. The number of nitrogens with one attached hydrogen (secondary N) is 1. The maximum atomic E-state index is 13.1. The summed E-state index contributed by atoms with van der Waals surface area (Å²) in [5, 5.41) is 4.07. The number of anilines is 1. The van der Waals surface area contributed by atoms with Crippen LogP contribution in [0.3, 0.4) is 0 Å². The molecule has 102 valence electrons. The highest BCUT2D eigenvalue weighted by Crippen LogP contribution is 2.26. The van der Waals surface area contributed by atoms with Gasteiger partial charge in [0.15, 0.2) is 5.13 Å². The van der Waals surface area contributed by atoms with Gasteiger partial charge in [0.25, 0.3) is 0 Å². The lowest BCUT2D eigenvalue weighted by atomic mass is 10.3. The van der Waals surface area contributed by atoms with Crippen LogP contribution in [0.25, 0.3) is 10.2 Å². The third-order valence-electron chi connectivity index (χ3n) is 3.38. The monoisotopic (exact) mass is 280 g/mol. The van der Waals surface area contributed by atoms with Gasteiger partial charge in [0.05, 0.1) is 22.9 Å². The fourth-order valence-corrected chi connectivity index (χ4v) is 3.33. The van der Waals surface area contributed by atoms with Crippen molar-refractivity contribution < 1.29 is 9.13 Å². The molecule has 1 fully saturated rings. The predicted molar refractivity (Wildman–Crippen MR) is 76.3 cm³/mol. The maximum absolute atomic E-state index is 13.1. The molecule has 0 saturated heterocycles. The van der Waals surface area contributed by atoms with E-state index in [1.54, 1.807) is 6.07 Å². The lowest BCUT2D eigenvalue weighted by molar-refractivity contribution is 0.0659.